The number of nitrogens with zero attached hydrogens (tertiary/aromatic N) is 2. The highest BCUT2D eigenvalue weighted by atomic mass is 35.5. The van der Waals surface area contributed by atoms with E-state index in [0.717, 1.165) is 6.42 Å². The number of carbonyl (C=O) groups excluding carboxylic acids is 3. The smallest absolute Gasteiger partial charge is 0.320 e. The molecule has 0 saturated carbocycles. The Morgan fingerprint density at radius 1 is 1.16 bits per heavy atom. The third-order valence-corrected chi connectivity index (χ3v) is 6.31. The molecule has 6 nitrogen and oxygen atoms in total. The Kier molecular flexibility index (Phi) is 5.96. The predicted octanol–water partition coefficient (Wildman–Crippen LogP) is 3.92. The van der Waals surface area contributed by atoms with Crippen molar-refractivity contribution in [2.45, 2.75) is 31.7 Å². The summed E-state index contributed by atoms with van der Waals surface area (Å²) in [6.45, 7) is 1.52. The second-order valence-corrected chi connectivity index (χ2v) is 8.38. The molecule has 1 N–H and O–H groups in total. The molecule has 0 bridgehead atoms. The lowest BCUT2D eigenvalue weighted by Crippen LogP contribution is -2.46. The summed E-state index contributed by atoms with van der Waals surface area (Å²) in [6, 6.07) is 10.0. The zero-order valence-corrected chi connectivity index (χ0v) is 17.9. The van der Waals surface area contributed by atoms with E-state index in [0.29, 0.717) is 46.8 Å². The first-order valence-electron chi connectivity index (χ1n) is 10.3. The molecule has 0 aromatic heterocycles. The van der Waals surface area contributed by atoms with E-state index in [4.69, 9.17) is 11.6 Å². The van der Waals surface area contributed by atoms with Crippen LogP contribution in [0.2, 0.25) is 5.02 Å². The van der Waals surface area contributed by atoms with Gasteiger partial charge >= 0.3 is 6.03 Å². The van der Waals surface area contributed by atoms with E-state index in [-0.39, 0.29) is 30.8 Å². The first kappa shape index (κ1) is 21.3. The van der Waals surface area contributed by atoms with Crippen LogP contribution in [0.3, 0.4) is 0 Å². The summed E-state index contributed by atoms with van der Waals surface area (Å²) in [4.78, 5) is 39.2. The lowest BCUT2D eigenvalue weighted by atomic mass is 9.88. The molecule has 4 amide bonds. The summed E-state index contributed by atoms with van der Waals surface area (Å²) < 4.78 is 14.9. The zero-order chi connectivity index (χ0) is 22.1. The van der Waals surface area contributed by atoms with Crippen molar-refractivity contribution < 1.29 is 18.8 Å². The minimum atomic E-state index is -0.517. The van der Waals surface area contributed by atoms with E-state index >= 15 is 0 Å². The Balaban J connectivity index is 1.59. The summed E-state index contributed by atoms with van der Waals surface area (Å²) >= 11 is 6.62. The van der Waals surface area contributed by atoms with Gasteiger partial charge in [-0.2, -0.15) is 0 Å². The van der Waals surface area contributed by atoms with Crippen LogP contribution in [0.25, 0.3) is 11.1 Å². The van der Waals surface area contributed by atoms with Crippen molar-refractivity contribution >= 4 is 29.4 Å². The van der Waals surface area contributed by atoms with Crippen LogP contribution in [0, 0.1) is 5.82 Å². The predicted molar refractivity (Wildman–Crippen MR) is 115 cm³/mol. The second kappa shape index (κ2) is 8.67. The third-order valence-electron chi connectivity index (χ3n) is 5.89. The van der Waals surface area contributed by atoms with Crippen LogP contribution >= 0.6 is 11.6 Å². The Morgan fingerprint density at radius 2 is 1.97 bits per heavy atom. The Morgan fingerprint density at radius 3 is 2.71 bits per heavy atom. The third kappa shape index (κ3) is 4.28. The average molecular weight is 444 g/mol. The van der Waals surface area contributed by atoms with Crippen molar-refractivity contribution in [1.29, 1.82) is 0 Å². The van der Waals surface area contributed by atoms with Crippen molar-refractivity contribution in [2.75, 3.05) is 20.1 Å². The fraction of sp³-hybridized carbons (Fsp3) is 0.348. The van der Waals surface area contributed by atoms with Gasteiger partial charge in [-0.25, -0.2) is 9.18 Å². The van der Waals surface area contributed by atoms with Gasteiger partial charge in [-0.3, -0.25) is 14.9 Å². The average Bonchev–Trinajstić information content (AvgIpc) is 2.73. The normalized spacial score (nSPS) is 19.6. The summed E-state index contributed by atoms with van der Waals surface area (Å²) in [5, 5.41) is 2.72. The van der Waals surface area contributed by atoms with Gasteiger partial charge in [0.15, 0.2) is 0 Å². The van der Waals surface area contributed by atoms with Gasteiger partial charge in [0.1, 0.15) is 5.82 Å². The molecule has 31 heavy (non-hydrogen) atoms. The van der Waals surface area contributed by atoms with E-state index in [1.807, 2.05) is 0 Å². The van der Waals surface area contributed by atoms with Crippen LogP contribution in [0.1, 0.15) is 36.3 Å². The quantitative estimate of drug-likeness (QED) is 0.728. The molecule has 1 unspecified atom stereocenters. The van der Waals surface area contributed by atoms with Crippen molar-refractivity contribution in [3.05, 3.63) is 58.4 Å². The number of rotatable bonds is 4. The first-order valence-corrected chi connectivity index (χ1v) is 10.6. The Bertz CT molecular complexity index is 1060. The topological polar surface area (TPSA) is 69.7 Å². The van der Waals surface area contributed by atoms with Crippen LogP contribution in [0.4, 0.5) is 9.18 Å². The van der Waals surface area contributed by atoms with Crippen molar-refractivity contribution in [3.63, 3.8) is 0 Å². The number of carbonyl (C=O) groups is 3. The van der Waals surface area contributed by atoms with E-state index in [9.17, 15) is 18.8 Å². The fourth-order valence-electron chi connectivity index (χ4n) is 4.16. The molecule has 2 aromatic rings. The van der Waals surface area contributed by atoms with Gasteiger partial charge in [0, 0.05) is 37.7 Å². The highest BCUT2D eigenvalue weighted by Crippen LogP contribution is 2.37. The van der Waals surface area contributed by atoms with Crippen LogP contribution < -0.4 is 5.32 Å². The summed E-state index contributed by atoms with van der Waals surface area (Å²) in [6.07, 6.45) is 1.49. The number of imide groups is 1. The summed E-state index contributed by atoms with van der Waals surface area (Å²) in [7, 11) is 1.74. The highest BCUT2D eigenvalue weighted by molar-refractivity contribution is 6.34. The van der Waals surface area contributed by atoms with Gasteiger partial charge < -0.3 is 9.80 Å². The van der Waals surface area contributed by atoms with Gasteiger partial charge in [-0.05, 0) is 30.0 Å². The molecule has 4 rings (SSSR count). The van der Waals surface area contributed by atoms with Gasteiger partial charge in [-0.15, -0.1) is 0 Å². The van der Waals surface area contributed by atoms with Gasteiger partial charge in [0.05, 0.1) is 17.5 Å². The SMILES string of the molecule is CN1CCCN(Cc2ccc(-c3cccc(C4CCC(=O)NC4=O)c3Cl)cc2F)C1=O. The molecule has 2 fully saturated rings. The number of halogens is 2. The van der Waals surface area contributed by atoms with Crippen molar-refractivity contribution in [1.82, 2.24) is 15.1 Å². The van der Waals surface area contributed by atoms with E-state index < -0.39 is 11.7 Å². The molecule has 0 aliphatic carbocycles. The number of piperidine rings is 1. The molecule has 0 radical (unpaired) electrons. The number of hydrogen-bond acceptors (Lipinski definition) is 3. The molecule has 2 aliphatic rings. The van der Waals surface area contributed by atoms with Crippen molar-refractivity contribution in [3.8, 4) is 11.1 Å². The van der Waals surface area contributed by atoms with Crippen molar-refractivity contribution in [2.24, 2.45) is 0 Å². The first-order chi connectivity index (χ1) is 14.8. The van der Waals surface area contributed by atoms with Gasteiger partial charge in [0.2, 0.25) is 11.8 Å². The maximum atomic E-state index is 14.9. The molecule has 2 aliphatic heterocycles. The highest BCUT2D eigenvalue weighted by Gasteiger charge is 2.30. The standard InChI is InChI=1S/C23H23ClFN3O3/c1-27-10-3-11-28(23(27)31)13-15-7-6-14(12-19(15)25)16-4-2-5-17(21(16)24)18-8-9-20(29)26-22(18)30/h2,4-7,12,18H,3,8-11,13H2,1H3,(H,26,29,30). The van der Waals surface area contributed by atoms with E-state index in [1.54, 1.807) is 47.2 Å². The number of nitrogens with one attached hydrogen (secondary N) is 1. The maximum absolute atomic E-state index is 14.9. The Labute approximate surface area is 185 Å². The van der Waals surface area contributed by atoms with E-state index in [2.05, 4.69) is 5.32 Å². The molecular formula is C23H23ClFN3O3. The van der Waals surface area contributed by atoms with Crippen LogP contribution in [-0.4, -0.2) is 47.8 Å². The Hall–Kier alpha value is -2.93. The second-order valence-electron chi connectivity index (χ2n) is 8.00. The molecule has 1 atom stereocenters. The number of urea groups is 1. The molecule has 0 spiro atoms. The lowest BCUT2D eigenvalue weighted by Gasteiger charge is -2.33. The monoisotopic (exact) mass is 443 g/mol. The van der Waals surface area contributed by atoms with E-state index in [1.165, 1.54) is 6.07 Å². The van der Waals surface area contributed by atoms with Crippen LogP contribution in [0.5, 0.6) is 0 Å². The minimum absolute atomic E-state index is 0.102. The van der Waals surface area contributed by atoms with Gasteiger partial charge in [0.25, 0.3) is 0 Å². The molecule has 2 aromatic carbocycles. The molecular weight excluding hydrogens is 421 g/mol. The minimum Gasteiger partial charge on any atom is -0.328 e. The van der Waals surface area contributed by atoms with Crippen LogP contribution in [0.15, 0.2) is 36.4 Å². The largest absolute Gasteiger partial charge is 0.328 e. The zero-order valence-electron chi connectivity index (χ0n) is 17.2. The molecule has 162 valence electrons. The van der Waals surface area contributed by atoms with Gasteiger partial charge in [-0.1, -0.05) is 41.9 Å². The van der Waals surface area contributed by atoms with Crippen LogP contribution in [-0.2, 0) is 16.1 Å². The molecule has 8 heteroatoms. The number of hydrogen-bond donors (Lipinski definition) is 1. The summed E-state index contributed by atoms with van der Waals surface area (Å²) in [5.41, 5.74) is 2.26. The number of benzene rings is 2. The maximum Gasteiger partial charge on any atom is 0.320 e. The lowest BCUT2D eigenvalue weighted by molar-refractivity contribution is -0.134. The fourth-order valence-corrected chi connectivity index (χ4v) is 4.53. The number of amides is 4. The molecule has 2 saturated heterocycles. The molecule has 2 heterocycles. The summed E-state index contributed by atoms with van der Waals surface area (Å²) in [5.74, 6) is -1.59.